The zero-order valence-electron chi connectivity index (χ0n) is 29.9. The van der Waals surface area contributed by atoms with E-state index >= 15 is 0 Å². The minimum absolute atomic E-state index is 0.559. The minimum Gasteiger partial charge on any atom is -0.455 e. The first kappa shape index (κ1) is 31.8. The van der Waals surface area contributed by atoms with Gasteiger partial charge in [0.2, 0.25) is 5.89 Å². The van der Waals surface area contributed by atoms with Gasteiger partial charge in [0.1, 0.15) is 16.7 Å². The molecular formula is C50H30N4O2. The Morgan fingerprint density at radius 2 is 0.911 bits per heavy atom. The number of oxazole rings is 1. The Balaban J connectivity index is 1.06. The van der Waals surface area contributed by atoms with Gasteiger partial charge in [-0.15, -0.1) is 0 Å². The summed E-state index contributed by atoms with van der Waals surface area (Å²) in [5.41, 5.74) is 11.1. The number of furan rings is 1. The van der Waals surface area contributed by atoms with Crippen LogP contribution in [0.5, 0.6) is 0 Å². The van der Waals surface area contributed by atoms with Crippen LogP contribution in [0.3, 0.4) is 0 Å². The highest BCUT2D eigenvalue weighted by molar-refractivity contribution is 6.23. The average molecular weight is 719 g/mol. The van der Waals surface area contributed by atoms with Gasteiger partial charge in [0.15, 0.2) is 23.1 Å². The largest absolute Gasteiger partial charge is 0.455 e. The van der Waals surface area contributed by atoms with Crippen molar-refractivity contribution in [3.05, 3.63) is 182 Å². The van der Waals surface area contributed by atoms with E-state index in [4.69, 9.17) is 28.8 Å². The van der Waals surface area contributed by atoms with E-state index in [2.05, 4.69) is 97.1 Å². The quantitative estimate of drug-likeness (QED) is 0.170. The SMILES string of the molecule is c1ccc(-c2cccc(-c3ccc(-c4nc(-c5ccccc5)nc(-c5cccc6ccc7c(oc8ccc9nc(-c%10ccccc%10)oc9c87)c56)n4)cc3)c2)cc1. The molecule has 0 saturated heterocycles. The summed E-state index contributed by atoms with van der Waals surface area (Å²) in [4.78, 5) is 20.1. The fourth-order valence-corrected chi connectivity index (χ4v) is 7.63. The van der Waals surface area contributed by atoms with Crippen molar-refractivity contribution in [2.45, 2.75) is 0 Å². The van der Waals surface area contributed by atoms with E-state index < -0.39 is 0 Å². The molecule has 0 atom stereocenters. The molecular weight excluding hydrogens is 689 g/mol. The molecule has 6 nitrogen and oxygen atoms in total. The van der Waals surface area contributed by atoms with Crippen molar-refractivity contribution in [2.75, 3.05) is 0 Å². The van der Waals surface area contributed by atoms with Crippen molar-refractivity contribution in [3.63, 3.8) is 0 Å². The number of nitrogens with zero attached hydrogens (tertiary/aromatic N) is 4. The summed E-state index contributed by atoms with van der Waals surface area (Å²) in [6, 6.07) is 61.9. The van der Waals surface area contributed by atoms with Crippen LogP contribution >= 0.6 is 0 Å². The van der Waals surface area contributed by atoms with Gasteiger partial charge in [0, 0.05) is 33.0 Å². The first-order valence-corrected chi connectivity index (χ1v) is 18.5. The summed E-state index contributed by atoms with van der Waals surface area (Å²) in [6.45, 7) is 0. The molecule has 262 valence electrons. The lowest BCUT2D eigenvalue weighted by Crippen LogP contribution is -2.00. The highest BCUT2D eigenvalue weighted by Crippen LogP contribution is 2.42. The molecule has 0 fully saturated rings. The molecule has 0 amide bonds. The standard InChI is InChI=1S/C50H30N4O2/c1-4-12-31(13-5-1)37-19-10-20-38(30-37)32-22-24-35(25-23-32)48-52-47(34-14-6-2-7-15-34)53-49(54-48)40-21-11-18-33-26-27-39-44-42(55-45(39)43(33)40)29-28-41-46(44)56-50(51-41)36-16-8-3-9-17-36/h1-30H. The van der Waals surface area contributed by atoms with E-state index in [1.807, 2.05) is 84.9 Å². The van der Waals surface area contributed by atoms with Crippen molar-refractivity contribution in [2.24, 2.45) is 0 Å². The first-order valence-electron chi connectivity index (χ1n) is 18.5. The van der Waals surface area contributed by atoms with Crippen LogP contribution < -0.4 is 0 Å². The van der Waals surface area contributed by atoms with Crippen molar-refractivity contribution < 1.29 is 8.83 Å². The smallest absolute Gasteiger partial charge is 0.227 e. The average Bonchev–Trinajstić information content (AvgIpc) is 3.89. The summed E-state index contributed by atoms with van der Waals surface area (Å²) in [5, 5.41) is 3.76. The predicted molar refractivity (Wildman–Crippen MR) is 225 cm³/mol. The second kappa shape index (κ2) is 13.0. The number of rotatable bonds is 6. The molecule has 0 aliphatic rings. The molecule has 0 spiro atoms. The fraction of sp³-hybridized carbons (Fsp3) is 0. The van der Waals surface area contributed by atoms with Gasteiger partial charge < -0.3 is 8.83 Å². The molecule has 3 heterocycles. The van der Waals surface area contributed by atoms with Gasteiger partial charge in [-0.1, -0.05) is 146 Å². The Morgan fingerprint density at radius 1 is 0.339 bits per heavy atom. The van der Waals surface area contributed by atoms with E-state index in [9.17, 15) is 0 Å². The van der Waals surface area contributed by atoms with Gasteiger partial charge in [0.25, 0.3) is 0 Å². The zero-order valence-corrected chi connectivity index (χ0v) is 29.9. The Morgan fingerprint density at radius 3 is 1.62 bits per heavy atom. The Kier molecular flexibility index (Phi) is 7.38. The molecule has 0 radical (unpaired) electrons. The third-order valence-corrected chi connectivity index (χ3v) is 10.4. The molecule has 56 heavy (non-hydrogen) atoms. The Hall–Kier alpha value is -7.70. The van der Waals surface area contributed by atoms with Gasteiger partial charge in [0.05, 0.1) is 5.39 Å². The highest BCUT2D eigenvalue weighted by atomic mass is 16.4. The summed E-state index contributed by atoms with van der Waals surface area (Å²) in [6.07, 6.45) is 0. The summed E-state index contributed by atoms with van der Waals surface area (Å²) in [5.74, 6) is 2.31. The second-order valence-electron chi connectivity index (χ2n) is 13.8. The second-order valence-corrected chi connectivity index (χ2v) is 13.8. The summed E-state index contributed by atoms with van der Waals surface area (Å²) < 4.78 is 13.2. The molecule has 3 aromatic heterocycles. The van der Waals surface area contributed by atoms with Gasteiger partial charge >= 0.3 is 0 Å². The van der Waals surface area contributed by atoms with Crippen molar-refractivity contribution in [3.8, 4) is 67.9 Å². The highest BCUT2D eigenvalue weighted by Gasteiger charge is 2.21. The van der Waals surface area contributed by atoms with Crippen LogP contribution in [0.2, 0.25) is 0 Å². The van der Waals surface area contributed by atoms with Crippen LogP contribution in [-0.4, -0.2) is 19.9 Å². The van der Waals surface area contributed by atoms with Crippen LogP contribution in [0.15, 0.2) is 191 Å². The number of benzene rings is 8. The van der Waals surface area contributed by atoms with Crippen LogP contribution in [0.1, 0.15) is 0 Å². The van der Waals surface area contributed by atoms with E-state index in [0.717, 1.165) is 71.6 Å². The summed E-state index contributed by atoms with van der Waals surface area (Å²) in [7, 11) is 0. The molecule has 6 heteroatoms. The topological polar surface area (TPSA) is 77.8 Å². The van der Waals surface area contributed by atoms with E-state index in [-0.39, 0.29) is 0 Å². The van der Waals surface area contributed by atoms with Gasteiger partial charge in [-0.05, 0) is 64.0 Å². The maximum atomic E-state index is 6.71. The molecule has 0 unspecified atom stereocenters. The molecule has 11 rings (SSSR count). The molecule has 0 saturated carbocycles. The van der Waals surface area contributed by atoms with E-state index in [0.29, 0.717) is 28.9 Å². The van der Waals surface area contributed by atoms with Crippen molar-refractivity contribution in [1.29, 1.82) is 0 Å². The first-order chi connectivity index (χ1) is 27.7. The Labute approximate surface area is 321 Å². The van der Waals surface area contributed by atoms with Gasteiger partial charge in [-0.3, -0.25) is 0 Å². The monoisotopic (exact) mass is 718 g/mol. The van der Waals surface area contributed by atoms with Crippen LogP contribution in [0, 0.1) is 0 Å². The zero-order chi connectivity index (χ0) is 37.0. The van der Waals surface area contributed by atoms with Crippen LogP contribution in [-0.2, 0) is 0 Å². The molecule has 0 bridgehead atoms. The Bertz CT molecular complexity index is 3230. The normalized spacial score (nSPS) is 11.6. The molecule has 0 aliphatic heterocycles. The van der Waals surface area contributed by atoms with Crippen molar-refractivity contribution >= 4 is 43.8 Å². The third kappa shape index (κ3) is 5.43. The number of hydrogen-bond acceptors (Lipinski definition) is 6. The van der Waals surface area contributed by atoms with E-state index in [1.54, 1.807) is 0 Å². The lowest BCUT2D eigenvalue weighted by atomic mass is 9.98. The number of hydrogen-bond donors (Lipinski definition) is 0. The van der Waals surface area contributed by atoms with Crippen molar-refractivity contribution in [1.82, 2.24) is 19.9 Å². The van der Waals surface area contributed by atoms with Gasteiger partial charge in [-0.2, -0.15) is 0 Å². The van der Waals surface area contributed by atoms with Crippen LogP contribution in [0.4, 0.5) is 0 Å². The number of aromatic nitrogens is 4. The summed E-state index contributed by atoms with van der Waals surface area (Å²) >= 11 is 0. The van der Waals surface area contributed by atoms with Gasteiger partial charge in [-0.25, -0.2) is 19.9 Å². The third-order valence-electron chi connectivity index (χ3n) is 10.4. The predicted octanol–water partition coefficient (Wildman–Crippen LogP) is 13.1. The van der Waals surface area contributed by atoms with E-state index in [1.165, 1.54) is 11.1 Å². The maximum Gasteiger partial charge on any atom is 0.227 e. The molecule has 11 aromatic rings. The molecule has 8 aromatic carbocycles. The molecule has 0 N–H and O–H groups in total. The fourth-order valence-electron chi connectivity index (χ4n) is 7.63. The van der Waals surface area contributed by atoms with Crippen LogP contribution in [0.25, 0.3) is 112 Å². The molecule has 0 aliphatic carbocycles. The lowest BCUT2D eigenvalue weighted by molar-refractivity contribution is 0.622. The lowest BCUT2D eigenvalue weighted by Gasteiger charge is -2.11. The minimum atomic E-state index is 0.559. The number of fused-ring (bicyclic) bond motifs is 7. The maximum absolute atomic E-state index is 6.71.